The first kappa shape index (κ1) is 8.97. The van der Waals surface area contributed by atoms with Crippen LogP contribution in [0.5, 0.6) is 0 Å². The predicted molar refractivity (Wildman–Crippen MR) is 43.4 cm³/mol. The fourth-order valence-corrected chi connectivity index (χ4v) is 1.51. The lowest BCUT2D eigenvalue weighted by Gasteiger charge is -2.30. The molecule has 1 aliphatic rings. The van der Waals surface area contributed by atoms with Crippen LogP contribution in [0.4, 0.5) is 0 Å². The summed E-state index contributed by atoms with van der Waals surface area (Å²) in [4.78, 5) is 0. The zero-order valence-electron chi connectivity index (χ0n) is 7.30. The van der Waals surface area contributed by atoms with Crippen LogP contribution in [-0.4, -0.2) is 33.0 Å². The summed E-state index contributed by atoms with van der Waals surface area (Å²) in [6.45, 7) is 1.17. The van der Waals surface area contributed by atoms with E-state index in [2.05, 4.69) is 0 Å². The highest BCUT2D eigenvalue weighted by Gasteiger charge is 2.44. The van der Waals surface area contributed by atoms with Crippen LogP contribution in [0.3, 0.4) is 0 Å². The SMILES string of the molecule is COCC(CN)(OC)C1CC1. The van der Waals surface area contributed by atoms with Gasteiger partial charge in [-0.05, 0) is 18.8 Å². The van der Waals surface area contributed by atoms with Crippen molar-refractivity contribution >= 4 is 0 Å². The molecule has 0 aromatic carbocycles. The molecule has 1 aliphatic carbocycles. The Morgan fingerprint density at radius 1 is 1.45 bits per heavy atom. The minimum absolute atomic E-state index is 0.200. The van der Waals surface area contributed by atoms with Gasteiger partial charge in [0, 0.05) is 20.8 Å². The second-order valence-electron chi connectivity index (χ2n) is 3.18. The molecule has 11 heavy (non-hydrogen) atoms. The molecule has 1 fully saturated rings. The van der Waals surface area contributed by atoms with Crippen LogP contribution in [0.2, 0.25) is 0 Å². The van der Waals surface area contributed by atoms with Crippen molar-refractivity contribution in [3.8, 4) is 0 Å². The number of nitrogens with two attached hydrogens (primary N) is 1. The zero-order chi connectivity index (χ0) is 8.32. The number of rotatable bonds is 5. The maximum absolute atomic E-state index is 5.64. The molecule has 0 heterocycles. The van der Waals surface area contributed by atoms with Crippen molar-refractivity contribution in [3.05, 3.63) is 0 Å². The Morgan fingerprint density at radius 3 is 2.36 bits per heavy atom. The Hall–Kier alpha value is -0.120. The second kappa shape index (κ2) is 3.52. The summed E-state index contributed by atoms with van der Waals surface area (Å²) in [7, 11) is 3.40. The first-order valence-electron chi connectivity index (χ1n) is 4.03. The molecule has 66 valence electrons. The Kier molecular flexibility index (Phi) is 2.87. The van der Waals surface area contributed by atoms with Crippen LogP contribution >= 0.6 is 0 Å². The molecule has 2 N–H and O–H groups in total. The molecule has 3 heteroatoms. The van der Waals surface area contributed by atoms with Gasteiger partial charge in [0.05, 0.1) is 6.61 Å². The van der Waals surface area contributed by atoms with Gasteiger partial charge in [0.15, 0.2) is 0 Å². The maximum Gasteiger partial charge on any atom is 0.106 e. The lowest BCUT2D eigenvalue weighted by molar-refractivity contribution is -0.0725. The maximum atomic E-state index is 5.64. The van der Waals surface area contributed by atoms with Crippen LogP contribution in [-0.2, 0) is 9.47 Å². The van der Waals surface area contributed by atoms with Gasteiger partial charge in [-0.1, -0.05) is 0 Å². The fraction of sp³-hybridized carbons (Fsp3) is 1.00. The molecular formula is C8H17NO2. The van der Waals surface area contributed by atoms with Crippen molar-refractivity contribution in [1.29, 1.82) is 0 Å². The van der Waals surface area contributed by atoms with E-state index in [-0.39, 0.29) is 5.60 Å². The zero-order valence-corrected chi connectivity index (χ0v) is 7.30. The van der Waals surface area contributed by atoms with Gasteiger partial charge in [0.2, 0.25) is 0 Å². The molecule has 0 aliphatic heterocycles. The standard InChI is InChI=1S/C8H17NO2/c1-10-6-8(5-9,11-2)7-3-4-7/h7H,3-6,9H2,1-2H3. The van der Waals surface area contributed by atoms with Crippen LogP contribution in [0, 0.1) is 5.92 Å². The molecule has 0 spiro atoms. The third-order valence-corrected chi connectivity index (χ3v) is 2.46. The van der Waals surface area contributed by atoms with Crippen LogP contribution in [0.25, 0.3) is 0 Å². The van der Waals surface area contributed by atoms with Crippen molar-refractivity contribution in [2.45, 2.75) is 18.4 Å². The van der Waals surface area contributed by atoms with E-state index in [1.807, 2.05) is 0 Å². The summed E-state index contributed by atoms with van der Waals surface area (Å²) in [6.07, 6.45) is 2.46. The third-order valence-electron chi connectivity index (χ3n) is 2.46. The number of ether oxygens (including phenoxy) is 2. The minimum Gasteiger partial charge on any atom is -0.382 e. The summed E-state index contributed by atoms with van der Waals surface area (Å²) in [6, 6.07) is 0. The van der Waals surface area contributed by atoms with Gasteiger partial charge in [-0.15, -0.1) is 0 Å². The number of methoxy groups -OCH3 is 2. The van der Waals surface area contributed by atoms with Gasteiger partial charge in [-0.3, -0.25) is 0 Å². The summed E-state index contributed by atoms with van der Waals surface area (Å²) in [5.41, 5.74) is 5.44. The average molecular weight is 159 g/mol. The molecule has 1 saturated carbocycles. The Bertz CT molecular complexity index is 119. The van der Waals surface area contributed by atoms with Crippen molar-refractivity contribution in [3.63, 3.8) is 0 Å². The van der Waals surface area contributed by atoms with E-state index in [1.54, 1.807) is 14.2 Å². The average Bonchev–Trinajstić information content (AvgIpc) is 2.83. The van der Waals surface area contributed by atoms with Crippen molar-refractivity contribution in [1.82, 2.24) is 0 Å². The molecular weight excluding hydrogens is 142 g/mol. The molecule has 0 aromatic heterocycles. The lowest BCUT2D eigenvalue weighted by Crippen LogP contribution is -2.46. The molecule has 0 amide bonds. The minimum atomic E-state index is -0.200. The summed E-state index contributed by atoms with van der Waals surface area (Å²) in [5, 5.41) is 0. The predicted octanol–water partition coefficient (Wildman–Crippen LogP) is 0.387. The van der Waals surface area contributed by atoms with E-state index in [0.717, 1.165) is 0 Å². The summed E-state index contributed by atoms with van der Waals surface area (Å²) < 4.78 is 10.5. The smallest absolute Gasteiger partial charge is 0.106 e. The summed E-state index contributed by atoms with van der Waals surface area (Å²) >= 11 is 0. The molecule has 1 atom stereocenters. The monoisotopic (exact) mass is 159 g/mol. The molecule has 3 nitrogen and oxygen atoms in total. The van der Waals surface area contributed by atoms with Gasteiger partial charge in [-0.25, -0.2) is 0 Å². The number of hydrogen-bond donors (Lipinski definition) is 1. The molecule has 1 unspecified atom stereocenters. The van der Waals surface area contributed by atoms with Gasteiger partial charge < -0.3 is 15.2 Å². The van der Waals surface area contributed by atoms with Crippen molar-refractivity contribution < 1.29 is 9.47 Å². The van der Waals surface area contributed by atoms with Gasteiger partial charge in [0.1, 0.15) is 5.60 Å². The van der Waals surface area contributed by atoms with Crippen LogP contribution in [0.1, 0.15) is 12.8 Å². The molecule has 0 radical (unpaired) electrons. The highest BCUT2D eigenvalue weighted by atomic mass is 16.5. The van der Waals surface area contributed by atoms with E-state index >= 15 is 0 Å². The Morgan fingerprint density at radius 2 is 2.09 bits per heavy atom. The highest BCUT2D eigenvalue weighted by molar-refractivity contribution is 4.96. The van der Waals surface area contributed by atoms with E-state index in [0.29, 0.717) is 19.1 Å². The second-order valence-corrected chi connectivity index (χ2v) is 3.18. The van der Waals surface area contributed by atoms with Crippen molar-refractivity contribution in [2.75, 3.05) is 27.4 Å². The topological polar surface area (TPSA) is 44.5 Å². The van der Waals surface area contributed by atoms with Crippen LogP contribution in [0.15, 0.2) is 0 Å². The highest BCUT2D eigenvalue weighted by Crippen LogP contribution is 2.41. The van der Waals surface area contributed by atoms with Gasteiger partial charge >= 0.3 is 0 Å². The first-order chi connectivity index (χ1) is 5.29. The lowest BCUT2D eigenvalue weighted by atomic mass is 9.99. The van der Waals surface area contributed by atoms with E-state index in [4.69, 9.17) is 15.2 Å². The summed E-state index contributed by atoms with van der Waals surface area (Å²) in [5.74, 6) is 0.623. The molecule has 0 saturated heterocycles. The van der Waals surface area contributed by atoms with Gasteiger partial charge in [0.25, 0.3) is 0 Å². The molecule has 0 aromatic rings. The number of hydrogen-bond acceptors (Lipinski definition) is 3. The third kappa shape index (κ3) is 1.72. The normalized spacial score (nSPS) is 23.2. The van der Waals surface area contributed by atoms with E-state index in [1.165, 1.54) is 12.8 Å². The van der Waals surface area contributed by atoms with E-state index < -0.39 is 0 Å². The Labute approximate surface area is 67.9 Å². The first-order valence-corrected chi connectivity index (χ1v) is 4.03. The van der Waals surface area contributed by atoms with Crippen molar-refractivity contribution in [2.24, 2.45) is 11.7 Å². The fourth-order valence-electron chi connectivity index (χ4n) is 1.51. The molecule has 1 rings (SSSR count). The van der Waals surface area contributed by atoms with Crippen LogP contribution < -0.4 is 5.73 Å². The molecule has 0 bridgehead atoms. The quantitative estimate of drug-likeness (QED) is 0.631. The largest absolute Gasteiger partial charge is 0.382 e. The van der Waals surface area contributed by atoms with E-state index in [9.17, 15) is 0 Å². The van der Waals surface area contributed by atoms with Gasteiger partial charge in [-0.2, -0.15) is 0 Å². The Balaban J connectivity index is 2.50.